The first-order valence-corrected chi connectivity index (χ1v) is 6.30. The molecule has 0 saturated heterocycles. The monoisotopic (exact) mass is 363 g/mol. The Morgan fingerprint density at radius 1 is 1.33 bits per heavy atom. The van der Waals surface area contributed by atoms with Crippen LogP contribution in [0.2, 0.25) is 0 Å². The molecule has 0 aliphatic carbocycles. The van der Waals surface area contributed by atoms with Crippen LogP contribution < -0.4 is 5.32 Å². The molecule has 0 bridgehead atoms. The minimum absolute atomic E-state index is 0.0350. The summed E-state index contributed by atoms with van der Waals surface area (Å²) >= 11 is 1.96. The van der Waals surface area contributed by atoms with E-state index in [0.717, 1.165) is 0 Å². The molecule has 0 heterocycles. The summed E-state index contributed by atoms with van der Waals surface area (Å²) in [5.74, 6) is -1.10. The molecular weight excluding hydrogens is 349 g/mol. The lowest BCUT2D eigenvalue weighted by atomic mass is 10.2. The van der Waals surface area contributed by atoms with Gasteiger partial charge in [0.15, 0.2) is 0 Å². The maximum Gasteiger partial charge on any atom is 0.412 e. The predicted molar refractivity (Wildman–Crippen MR) is 76.0 cm³/mol. The summed E-state index contributed by atoms with van der Waals surface area (Å²) in [5, 5.41) is 11.5. The summed E-state index contributed by atoms with van der Waals surface area (Å²) in [6, 6.07) is 4.75. The lowest BCUT2D eigenvalue weighted by molar-refractivity contribution is 0.0636. The topological polar surface area (TPSA) is 75.6 Å². The Kier molecular flexibility index (Phi) is 4.55. The number of aromatic carboxylic acids is 1. The predicted octanol–water partition coefficient (Wildman–Crippen LogP) is 3.34. The Morgan fingerprint density at radius 3 is 2.44 bits per heavy atom. The largest absolute Gasteiger partial charge is 0.478 e. The lowest BCUT2D eigenvalue weighted by Gasteiger charge is -2.20. The fraction of sp³-hybridized carbons (Fsp3) is 0.333. The van der Waals surface area contributed by atoms with Crippen LogP contribution in [-0.2, 0) is 4.74 Å². The minimum Gasteiger partial charge on any atom is -0.478 e. The van der Waals surface area contributed by atoms with Crippen LogP contribution in [0.25, 0.3) is 0 Å². The van der Waals surface area contributed by atoms with Crippen LogP contribution in [0.3, 0.4) is 0 Å². The zero-order valence-electron chi connectivity index (χ0n) is 10.3. The highest BCUT2D eigenvalue weighted by Gasteiger charge is 2.20. The second kappa shape index (κ2) is 5.55. The van der Waals surface area contributed by atoms with Crippen molar-refractivity contribution in [2.24, 2.45) is 0 Å². The SMILES string of the molecule is CC(C)(C)OC(=O)Nc1c(I)cccc1C(=O)O. The first-order chi connectivity index (χ1) is 8.20. The van der Waals surface area contributed by atoms with Crippen LogP contribution in [0, 0.1) is 3.57 Å². The molecule has 98 valence electrons. The Morgan fingerprint density at radius 2 is 1.94 bits per heavy atom. The molecule has 1 aromatic rings. The summed E-state index contributed by atoms with van der Waals surface area (Å²) in [4.78, 5) is 22.7. The molecule has 0 atom stereocenters. The number of carbonyl (C=O) groups excluding carboxylic acids is 1. The Labute approximate surface area is 119 Å². The molecule has 0 unspecified atom stereocenters. The van der Waals surface area contributed by atoms with Gasteiger partial charge in [-0.05, 0) is 55.5 Å². The van der Waals surface area contributed by atoms with Crippen molar-refractivity contribution in [2.75, 3.05) is 5.32 Å². The number of hydrogen-bond acceptors (Lipinski definition) is 3. The molecule has 0 spiro atoms. The van der Waals surface area contributed by atoms with Crippen LogP contribution in [0.15, 0.2) is 18.2 Å². The number of ether oxygens (including phenoxy) is 1. The Hall–Kier alpha value is -1.31. The number of nitrogens with one attached hydrogen (secondary N) is 1. The Bertz CT molecular complexity index is 479. The van der Waals surface area contributed by atoms with Gasteiger partial charge < -0.3 is 9.84 Å². The highest BCUT2D eigenvalue weighted by molar-refractivity contribution is 14.1. The first kappa shape index (κ1) is 14.7. The summed E-state index contributed by atoms with van der Waals surface area (Å²) in [6.45, 7) is 5.21. The standard InChI is InChI=1S/C12H14INO4/c1-12(2,3)18-11(17)14-9-7(10(15)16)5-4-6-8(9)13/h4-6H,1-3H3,(H,14,17)(H,15,16). The number of carboxylic acid groups (broad SMARTS) is 1. The van der Waals surface area contributed by atoms with Crippen LogP contribution >= 0.6 is 22.6 Å². The van der Waals surface area contributed by atoms with Gasteiger partial charge in [0.05, 0.1) is 11.3 Å². The van der Waals surface area contributed by atoms with Crippen molar-refractivity contribution < 1.29 is 19.4 Å². The van der Waals surface area contributed by atoms with E-state index in [9.17, 15) is 9.59 Å². The molecule has 0 aliphatic rings. The van der Waals surface area contributed by atoms with E-state index in [-0.39, 0.29) is 11.3 Å². The molecule has 6 heteroatoms. The fourth-order valence-corrected chi connectivity index (χ4v) is 1.87. The molecule has 0 aliphatic heterocycles. The number of para-hydroxylation sites is 1. The number of carbonyl (C=O) groups is 2. The van der Waals surface area contributed by atoms with Crippen LogP contribution in [0.1, 0.15) is 31.1 Å². The van der Waals surface area contributed by atoms with Crippen molar-refractivity contribution in [3.63, 3.8) is 0 Å². The number of rotatable bonds is 2. The van der Waals surface area contributed by atoms with Crippen molar-refractivity contribution >= 4 is 40.3 Å². The second-order valence-electron chi connectivity index (χ2n) is 4.59. The minimum atomic E-state index is -1.10. The van der Waals surface area contributed by atoms with Gasteiger partial charge in [-0.15, -0.1) is 0 Å². The molecule has 1 aromatic carbocycles. The van der Waals surface area contributed by atoms with Gasteiger partial charge in [-0.1, -0.05) is 6.07 Å². The third kappa shape index (κ3) is 4.17. The van der Waals surface area contributed by atoms with Crippen molar-refractivity contribution in [1.29, 1.82) is 0 Å². The number of amides is 1. The van der Waals surface area contributed by atoms with E-state index in [4.69, 9.17) is 9.84 Å². The molecule has 0 saturated carbocycles. The maximum absolute atomic E-state index is 11.6. The molecular formula is C12H14INO4. The normalized spacial score (nSPS) is 10.9. The van der Waals surface area contributed by atoms with Gasteiger partial charge in [0.2, 0.25) is 0 Å². The molecule has 0 radical (unpaired) electrons. The van der Waals surface area contributed by atoms with Gasteiger partial charge in [0.1, 0.15) is 5.60 Å². The number of benzene rings is 1. The zero-order valence-corrected chi connectivity index (χ0v) is 12.4. The van der Waals surface area contributed by atoms with Gasteiger partial charge >= 0.3 is 12.1 Å². The first-order valence-electron chi connectivity index (χ1n) is 5.22. The van der Waals surface area contributed by atoms with Crippen molar-refractivity contribution in [2.45, 2.75) is 26.4 Å². The van der Waals surface area contributed by atoms with E-state index >= 15 is 0 Å². The highest BCUT2D eigenvalue weighted by Crippen LogP contribution is 2.23. The van der Waals surface area contributed by atoms with E-state index in [1.807, 2.05) is 22.6 Å². The van der Waals surface area contributed by atoms with Crippen molar-refractivity contribution in [3.8, 4) is 0 Å². The molecule has 5 nitrogen and oxygen atoms in total. The van der Waals surface area contributed by atoms with Gasteiger partial charge in [0, 0.05) is 3.57 Å². The van der Waals surface area contributed by atoms with Crippen LogP contribution in [0.5, 0.6) is 0 Å². The smallest absolute Gasteiger partial charge is 0.412 e. The van der Waals surface area contributed by atoms with E-state index in [1.165, 1.54) is 6.07 Å². The quantitative estimate of drug-likeness (QED) is 0.791. The number of hydrogen-bond donors (Lipinski definition) is 2. The fourth-order valence-electron chi connectivity index (χ4n) is 1.24. The summed E-state index contributed by atoms with van der Waals surface area (Å²) in [7, 11) is 0. The average molecular weight is 363 g/mol. The van der Waals surface area contributed by atoms with E-state index in [2.05, 4.69) is 5.32 Å². The summed E-state index contributed by atoms with van der Waals surface area (Å²) < 4.78 is 5.72. The van der Waals surface area contributed by atoms with E-state index < -0.39 is 17.7 Å². The third-order valence-electron chi connectivity index (χ3n) is 1.87. The highest BCUT2D eigenvalue weighted by atomic mass is 127. The zero-order chi connectivity index (χ0) is 13.9. The number of carboxylic acids is 1. The molecule has 0 aromatic heterocycles. The molecule has 1 amide bonds. The van der Waals surface area contributed by atoms with Crippen molar-refractivity contribution in [3.05, 3.63) is 27.3 Å². The third-order valence-corrected chi connectivity index (χ3v) is 2.77. The number of halogens is 1. The maximum atomic E-state index is 11.6. The summed E-state index contributed by atoms with van der Waals surface area (Å²) in [6.07, 6.45) is -0.672. The molecule has 18 heavy (non-hydrogen) atoms. The van der Waals surface area contributed by atoms with Gasteiger partial charge in [-0.25, -0.2) is 9.59 Å². The summed E-state index contributed by atoms with van der Waals surface area (Å²) in [5.41, 5.74) is -0.346. The lowest BCUT2D eigenvalue weighted by Crippen LogP contribution is -2.28. The van der Waals surface area contributed by atoms with Crippen LogP contribution in [-0.4, -0.2) is 22.8 Å². The Balaban J connectivity index is 2.97. The van der Waals surface area contributed by atoms with Crippen LogP contribution in [0.4, 0.5) is 10.5 Å². The van der Waals surface area contributed by atoms with Gasteiger partial charge in [-0.3, -0.25) is 5.32 Å². The van der Waals surface area contributed by atoms with Gasteiger partial charge in [-0.2, -0.15) is 0 Å². The van der Waals surface area contributed by atoms with Crippen molar-refractivity contribution in [1.82, 2.24) is 0 Å². The molecule has 1 rings (SSSR count). The van der Waals surface area contributed by atoms with E-state index in [1.54, 1.807) is 32.9 Å². The van der Waals surface area contributed by atoms with E-state index in [0.29, 0.717) is 3.57 Å². The molecule has 2 N–H and O–H groups in total. The number of anilines is 1. The second-order valence-corrected chi connectivity index (χ2v) is 5.76. The van der Waals surface area contributed by atoms with Gasteiger partial charge in [0.25, 0.3) is 0 Å². The average Bonchev–Trinajstić information content (AvgIpc) is 2.17. The molecule has 0 fully saturated rings.